The van der Waals surface area contributed by atoms with E-state index in [0.717, 1.165) is 29.0 Å². The molecule has 0 spiro atoms. The molecule has 2 atom stereocenters. The van der Waals surface area contributed by atoms with Crippen molar-refractivity contribution in [3.8, 4) is 11.5 Å². The third-order valence-electron chi connectivity index (χ3n) is 3.52. The predicted molar refractivity (Wildman–Crippen MR) is 83.1 cm³/mol. The molecule has 3 N–H and O–H groups in total. The summed E-state index contributed by atoms with van der Waals surface area (Å²) in [6, 6.07) is 3.26. The van der Waals surface area contributed by atoms with Gasteiger partial charge in [-0.2, -0.15) is 0 Å². The number of hydrogen-bond donors (Lipinski definition) is 2. The highest BCUT2D eigenvalue weighted by atomic mass is 16.5. The lowest BCUT2D eigenvalue weighted by Gasteiger charge is -2.15. The summed E-state index contributed by atoms with van der Waals surface area (Å²) in [6.45, 7) is 5.07. The van der Waals surface area contributed by atoms with Gasteiger partial charge in [0.05, 0.1) is 13.2 Å². The molecule has 0 fully saturated rings. The van der Waals surface area contributed by atoms with Gasteiger partial charge >= 0.3 is 0 Å². The van der Waals surface area contributed by atoms with Crippen molar-refractivity contribution in [2.45, 2.75) is 39.0 Å². The first-order valence-corrected chi connectivity index (χ1v) is 7.52. The van der Waals surface area contributed by atoms with Crippen LogP contribution in [0.15, 0.2) is 12.1 Å². The lowest BCUT2D eigenvalue weighted by Crippen LogP contribution is -2.43. The van der Waals surface area contributed by atoms with E-state index in [9.17, 15) is 4.79 Å². The van der Waals surface area contributed by atoms with Crippen LogP contribution < -0.4 is 20.5 Å². The van der Waals surface area contributed by atoms with Gasteiger partial charge < -0.3 is 25.3 Å². The zero-order valence-corrected chi connectivity index (χ0v) is 13.3. The first kappa shape index (κ1) is 16.6. The summed E-state index contributed by atoms with van der Waals surface area (Å²) in [7, 11) is 1.51. The van der Waals surface area contributed by atoms with E-state index >= 15 is 0 Å². The number of carbonyl (C=O) groups is 1. The van der Waals surface area contributed by atoms with Crippen molar-refractivity contribution < 1.29 is 19.0 Å². The fraction of sp³-hybridized carbons (Fsp3) is 0.562. The van der Waals surface area contributed by atoms with Crippen LogP contribution in [0.2, 0.25) is 0 Å². The maximum absolute atomic E-state index is 11.9. The normalized spacial score (nSPS) is 17.5. The number of amides is 1. The maximum atomic E-state index is 11.9. The molecule has 6 heteroatoms. The Morgan fingerprint density at radius 2 is 2.32 bits per heavy atom. The molecule has 0 bridgehead atoms. The Morgan fingerprint density at radius 3 is 3.00 bits per heavy atom. The SMILES string of the molecule is CCOc1cc2c(cc1CNC(=O)C(N)COC)OC(C)C2. The minimum atomic E-state index is -0.675. The molecule has 122 valence electrons. The molecule has 1 aliphatic heterocycles. The Balaban J connectivity index is 2.09. The summed E-state index contributed by atoms with van der Waals surface area (Å²) >= 11 is 0. The molecular formula is C16H24N2O4. The molecule has 1 aromatic rings. The summed E-state index contributed by atoms with van der Waals surface area (Å²) in [5.41, 5.74) is 7.73. The van der Waals surface area contributed by atoms with E-state index in [1.54, 1.807) is 0 Å². The molecular weight excluding hydrogens is 284 g/mol. The third kappa shape index (κ3) is 3.90. The highest BCUT2D eigenvalue weighted by Gasteiger charge is 2.22. The van der Waals surface area contributed by atoms with Crippen molar-refractivity contribution in [1.82, 2.24) is 5.32 Å². The van der Waals surface area contributed by atoms with Crippen LogP contribution in [0.5, 0.6) is 11.5 Å². The number of carbonyl (C=O) groups excluding carboxylic acids is 1. The van der Waals surface area contributed by atoms with Crippen LogP contribution in [0, 0.1) is 0 Å². The Bertz CT molecular complexity index is 533. The monoisotopic (exact) mass is 308 g/mol. The highest BCUT2D eigenvalue weighted by Crippen LogP contribution is 2.35. The molecule has 22 heavy (non-hydrogen) atoms. The quantitative estimate of drug-likeness (QED) is 0.785. The Morgan fingerprint density at radius 1 is 1.55 bits per heavy atom. The zero-order chi connectivity index (χ0) is 16.1. The number of nitrogens with two attached hydrogens (primary N) is 1. The molecule has 1 amide bonds. The number of benzene rings is 1. The molecule has 1 heterocycles. The number of nitrogens with one attached hydrogen (secondary N) is 1. The third-order valence-corrected chi connectivity index (χ3v) is 3.52. The van der Waals surface area contributed by atoms with Crippen molar-refractivity contribution in [2.24, 2.45) is 5.73 Å². The second-order valence-electron chi connectivity index (χ2n) is 5.41. The van der Waals surface area contributed by atoms with Crippen molar-refractivity contribution in [3.05, 3.63) is 23.3 Å². The van der Waals surface area contributed by atoms with Gasteiger partial charge in [0, 0.05) is 31.2 Å². The van der Waals surface area contributed by atoms with E-state index in [1.165, 1.54) is 7.11 Å². The smallest absolute Gasteiger partial charge is 0.239 e. The van der Waals surface area contributed by atoms with E-state index in [0.29, 0.717) is 13.2 Å². The van der Waals surface area contributed by atoms with Crippen LogP contribution in [0.25, 0.3) is 0 Å². The zero-order valence-electron chi connectivity index (χ0n) is 13.3. The Hall–Kier alpha value is -1.79. The number of methoxy groups -OCH3 is 1. The van der Waals surface area contributed by atoms with Crippen LogP contribution >= 0.6 is 0 Å². The Labute approximate surface area is 130 Å². The average molecular weight is 308 g/mol. The number of fused-ring (bicyclic) bond motifs is 1. The van der Waals surface area contributed by atoms with Crippen molar-refractivity contribution >= 4 is 5.91 Å². The molecule has 0 saturated heterocycles. The van der Waals surface area contributed by atoms with Crippen LogP contribution in [0.4, 0.5) is 0 Å². The molecule has 0 aromatic heterocycles. The number of hydrogen-bond acceptors (Lipinski definition) is 5. The summed E-state index contributed by atoms with van der Waals surface area (Å²) in [4.78, 5) is 11.9. The van der Waals surface area contributed by atoms with Gasteiger partial charge in [-0.1, -0.05) is 0 Å². The number of ether oxygens (including phenoxy) is 3. The van der Waals surface area contributed by atoms with Crippen molar-refractivity contribution in [3.63, 3.8) is 0 Å². The first-order chi connectivity index (χ1) is 10.5. The largest absolute Gasteiger partial charge is 0.494 e. The van der Waals surface area contributed by atoms with Gasteiger partial charge in [0.2, 0.25) is 5.91 Å². The van der Waals surface area contributed by atoms with Gasteiger partial charge in [-0.05, 0) is 26.0 Å². The lowest BCUT2D eigenvalue weighted by molar-refractivity contribution is -0.123. The fourth-order valence-corrected chi connectivity index (χ4v) is 2.48. The first-order valence-electron chi connectivity index (χ1n) is 7.52. The van der Waals surface area contributed by atoms with Crippen LogP contribution in [-0.4, -0.2) is 38.4 Å². The molecule has 1 aliphatic rings. The average Bonchev–Trinajstić information content (AvgIpc) is 2.84. The Kier molecular flexibility index (Phi) is 5.63. The molecule has 2 rings (SSSR count). The van der Waals surface area contributed by atoms with Crippen molar-refractivity contribution in [1.29, 1.82) is 0 Å². The maximum Gasteiger partial charge on any atom is 0.239 e. The van der Waals surface area contributed by atoms with E-state index in [-0.39, 0.29) is 18.6 Å². The van der Waals surface area contributed by atoms with E-state index in [4.69, 9.17) is 19.9 Å². The summed E-state index contributed by atoms with van der Waals surface area (Å²) in [5.74, 6) is 1.39. The second-order valence-corrected chi connectivity index (χ2v) is 5.41. The molecule has 1 aromatic carbocycles. The van der Waals surface area contributed by atoms with Crippen LogP contribution in [0.3, 0.4) is 0 Å². The molecule has 0 radical (unpaired) electrons. The summed E-state index contributed by atoms with van der Waals surface area (Å²) < 4.78 is 16.3. The van der Waals surface area contributed by atoms with Gasteiger partial charge in [0.25, 0.3) is 0 Å². The summed E-state index contributed by atoms with van der Waals surface area (Å²) in [5, 5.41) is 2.81. The van der Waals surface area contributed by atoms with Crippen LogP contribution in [-0.2, 0) is 22.5 Å². The molecule has 2 unspecified atom stereocenters. The molecule has 0 aliphatic carbocycles. The van der Waals surface area contributed by atoms with E-state index in [2.05, 4.69) is 5.32 Å². The minimum absolute atomic E-state index is 0.171. The number of rotatable bonds is 7. The topological polar surface area (TPSA) is 82.8 Å². The van der Waals surface area contributed by atoms with Gasteiger partial charge in [-0.3, -0.25) is 4.79 Å². The van der Waals surface area contributed by atoms with Gasteiger partial charge in [0.15, 0.2) is 0 Å². The van der Waals surface area contributed by atoms with Gasteiger partial charge in [-0.25, -0.2) is 0 Å². The highest BCUT2D eigenvalue weighted by molar-refractivity contribution is 5.81. The molecule has 6 nitrogen and oxygen atoms in total. The lowest BCUT2D eigenvalue weighted by atomic mass is 10.1. The van der Waals surface area contributed by atoms with Crippen molar-refractivity contribution in [2.75, 3.05) is 20.3 Å². The van der Waals surface area contributed by atoms with Gasteiger partial charge in [-0.15, -0.1) is 0 Å². The fourth-order valence-electron chi connectivity index (χ4n) is 2.48. The predicted octanol–water partition coefficient (Wildman–Crippen LogP) is 0.999. The second kappa shape index (κ2) is 7.47. The van der Waals surface area contributed by atoms with Gasteiger partial charge in [0.1, 0.15) is 23.6 Å². The standard InChI is InChI=1S/C16H24N2O4/c1-4-21-14-6-11-5-10(2)22-15(11)7-12(14)8-18-16(19)13(17)9-20-3/h6-7,10,13H,4-5,8-9,17H2,1-3H3,(H,18,19). The van der Waals surface area contributed by atoms with Crippen LogP contribution in [0.1, 0.15) is 25.0 Å². The van der Waals surface area contributed by atoms with E-state index < -0.39 is 6.04 Å². The molecule has 0 saturated carbocycles. The minimum Gasteiger partial charge on any atom is -0.494 e. The van der Waals surface area contributed by atoms with E-state index in [1.807, 2.05) is 26.0 Å². The summed E-state index contributed by atoms with van der Waals surface area (Å²) in [6.07, 6.45) is 1.05.